The molecular weight excluding hydrogens is 164 g/mol. The molecule has 0 bridgehead atoms. The van der Waals surface area contributed by atoms with E-state index in [4.69, 9.17) is 0 Å². The highest BCUT2D eigenvalue weighted by molar-refractivity contribution is 5.87. The molecule has 0 unspecified atom stereocenters. The Morgan fingerprint density at radius 1 is 1.08 bits per heavy atom. The number of ketones is 1. The van der Waals surface area contributed by atoms with Gasteiger partial charge < -0.3 is 4.79 Å². The number of carbonyl (C=O) groups is 2. The fraction of sp³-hybridized carbons (Fsp3) is 0.636. The Morgan fingerprint density at radius 3 is 2.23 bits per heavy atom. The van der Waals surface area contributed by atoms with Crippen LogP contribution in [0.25, 0.3) is 0 Å². The van der Waals surface area contributed by atoms with Crippen LogP contribution in [0.2, 0.25) is 0 Å². The molecule has 0 radical (unpaired) electrons. The molecule has 2 heteroatoms. The molecule has 0 aliphatic heterocycles. The molecule has 0 aliphatic rings. The van der Waals surface area contributed by atoms with Crippen molar-refractivity contribution in [2.75, 3.05) is 0 Å². The average molecular weight is 182 g/mol. The Kier molecular flexibility index (Phi) is 8.52. The van der Waals surface area contributed by atoms with E-state index in [1.54, 1.807) is 13.0 Å². The first kappa shape index (κ1) is 12.1. The van der Waals surface area contributed by atoms with E-state index in [-0.39, 0.29) is 5.78 Å². The molecule has 74 valence electrons. The highest BCUT2D eigenvalue weighted by atomic mass is 16.1. The number of unbranched alkanes of at least 4 members (excludes halogenated alkanes) is 5. The van der Waals surface area contributed by atoms with Crippen LogP contribution in [-0.2, 0) is 9.59 Å². The van der Waals surface area contributed by atoms with E-state index < -0.39 is 0 Å². The minimum absolute atomic E-state index is 0.112. The summed E-state index contributed by atoms with van der Waals surface area (Å²) in [6, 6.07) is 0. The molecule has 0 aromatic heterocycles. The van der Waals surface area contributed by atoms with Crippen molar-refractivity contribution in [1.82, 2.24) is 0 Å². The smallest absolute Gasteiger partial charge is 0.152 e. The number of carbonyl (C=O) groups excluding carboxylic acids is 2. The van der Waals surface area contributed by atoms with Crippen LogP contribution in [0.15, 0.2) is 12.2 Å². The van der Waals surface area contributed by atoms with E-state index in [0.717, 1.165) is 38.4 Å². The molecule has 0 saturated heterocycles. The quantitative estimate of drug-likeness (QED) is 0.328. The van der Waals surface area contributed by atoms with Crippen LogP contribution in [0.5, 0.6) is 0 Å². The van der Waals surface area contributed by atoms with Gasteiger partial charge in [-0.2, -0.15) is 0 Å². The first-order chi connectivity index (χ1) is 6.27. The number of rotatable bonds is 8. The van der Waals surface area contributed by atoms with E-state index in [2.05, 4.69) is 0 Å². The Labute approximate surface area is 80.0 Å². The van der Waals surface area contributed by atoms with Gasteiger partial charge in [0.2, 0.25) is 0 Å². The van der Waals surface area contributed by atoms with Crippen LogP contribution in [0.1, 0.15) is 45.4 Å². The van der Waals surface area contributed by atoms with Crippen LogP contribution in [-0.4, -0.2) is 12.1 Å². The van der Waals surface area contributed by atoms with Gasteiger partial charge in [-0.05, 0) is 32.3 Å². The summed E-state index contributed by atoms with van der Waals surface area (Å²) in [5.74, 6) is 0.112. The van der Waals surface area contributed by atoms with E-state index in [0.29, 0.717) is 6.42 Å². The number of hydrogen-bond acceptors (Lipinski definition) is 2. The number of aldehydes is 1. The van der Waals surface area contributed by atoms with E-state index >= 15 is 0 Å². The number of hydrogen-bond donors (Lipinski definition) is 0. The van der Waals surface area contributed by atoms with Crippen molar-refractivity contribution < 1.29 is 9.59 Å². The van der Waals surface area contributed by atoms with Crippen molar-refractivity contribution in [2.24, 2.45) is 0 Å². The van der Waals surface area contributed by atoms with Crippen LogP contribution in [0.4, 0.5) is 0 Å². The van der Waals surface area contributed by atoms with Gasteiger partial charge >= 0.3 is 0 Å². The summed E-state index contributed by atoms with van der Waals surface area (Å²) in [6.07, 6.45) is 10.5. The first-order valence-electron chi connectivity index (χ1n) is 4.88. The Hall–Kier alpha value is -0.920. The van der Waals surface area contributed by atoms with Gasteiger partial charge in [0.1, 0.15) is 6.29 Å². The van der Waals surface area contributed by atoms with Crippen molar-refractivity contribution in [3.63, 3.8) is 0 Å². The van der Waals surface area contributed by atoms with Crippen LogP contribution in [0.3, 0.4) is 0 Å². The summed E-state index contributed by atoms with van der Waals surface area (Å²) in [4.78, 5) is 20.5. The maximum atomic E-state index is 10.5. The predicted molar refractivity (Wildman–Crippen MR) is 53.6 cm³/mol. The lowest BCUT2D eigenvalue weighted by Crippen LogP contribution is -1.81. The van der Waals surface area contributed by atoms with Crippen molar-refractivity contribution in [1.29, 1.82) is 0 Å². The second-order valence-corrected chi connectivity index (χ2v) is 3.17. The molecule has 0 spiro atoms. The largest absolute Gasteiger partial charge is 0.303 e. The maximum absolute atomic E-state index is 10.5. The van der Waals surface area contributed by atoms with E-state index in [9.17, 15) is 9.59 Å². The fourth-order valence-corrected chi connectivity index (χ4v) is 1.09. The average Bonchev–Trinajstić information content (AvgIpc) is 2.09. The fourth-order valence-electron chi connectivity index (χ4n) is 1.09. The highest BCUT2D eigenvalue weighted by Crippen LogP contribution is 2.04. The van der Waals surface area contributed by atoms with Gasteiger partial charge in [0.25, 0.3) is 0 Å². The second kappa shape index (κ2) is 9.17. The van der Waals surface area contributed by atoms with Gasteiger partial charge in [-0.1, -0.05) is 18.9 Å². The molecule has 0 rings (SSSR count). The third kappa shape index (κ3) is 11.1. The predicted octanol–water partition coefficient (Wildman–Crippen LogP) is 2.67. The van der Waals surface area contributed by atoms with Crippen molar-refractivity contribution in [3.8, 4) is 0 Å². The summed E-state index contributed by atoms with van der Waals surface area (Å²) in [6.45, 7) is 1.56. The lowest BCUT2D eigenvalue weighted by atomic mass is 10.1. The Bertz CT molecular complexity index is 171. The Morgan fingerprint density at radius 2 is 1.69 bits per heavy atom. The molecule has 0 saturated carbocycles. The summed E-state index contributed by atoms with van der Waals surface area (Å²) in [5, 5.41) is 0. The summed E-state index contributed by atoms with van der Waals surface area (Å²) < 4.78 is 0. The number of allylic oxidation sites excluding steroid dienone is 2. The van der Waals surface area contributed by atoms with Crippen molar-refractivity contribution in [3.05, 3.63) is 12.2 Å². The normalized spacial score (nSPS) is 10.5. The lowest BCUT2D eigenvalue weighted by Gasteiger charge is -1.95. The van der Waals surface area contributed by atoms with Crippen molar-refractivity contribution in [2.45, 2.75) is 45.4 Å². The zero-order chi connectivity index (χ0) is 9.94. The Balaban J connectivity index is 3.07. The molecular formula is C11H18O2. The zero-order valence-corrected chi connectivity index (χ0v) is 8.29. The monoisotopic (exact) mass is 182 g/mol. The molecule has 0 atom stereocenters. The highest BCUT2D eigenvalue weighted by Gasteiger charge is 1.88. The van der Waals surface area contributed by atoms with Gasteiger partial charge in [-0.15, -0.1) is 0 Å². The van der Waals surface area contributed by atoms with E-state index in [1.165, 1.54) is 0 Å². The van der Waals surface area contributed by atoms with Crippen LogP contribution >= 0.6 is 0 Å². The minimum Gasteiger partial charge on any atom is -0.303 e. The van der Waals surface area contributed by atoms with Gasteiger partial charge in [0, 0.05) is 6.42 Å². The SMILES string of the molecule is CC(=O)/C=C/CCCCCCC=O. The third-order valence-electron chi connectivity index (χ3n) is 1.80. The van der Waals surface area contributed by atoms with Gasteiger partial charge in [-0.3, -0.25) is 4.79 Å². The van der Waals surface area contributed by atoms with Gasteiger partial charge in [0.05, 0.1) is 0 Å². The van der Waals surface area contributed by atoms with Crippen LogP contribution < -0.4 is 0 Å². The van der Waals surface area contributed by atoms with Gasteiger partial charge in [0.15, 0.2) is 5.78 Å². The van der Waals surface area contributed by atoms with Crippen LogP contribution in [0, 0.1) is 0 Å². The molecule has 2 nitrogen and oxygen atoms in total. The summed E-state index contributed by atoms with van der Waals surface area (Å²) in [7, 11) is 0. The molecule has 0 amide bonds. The molecule has 0 heterocycles. The molecule has 0 fully saturated rings. The summed E-state index contributed by atoms with van der Waals surface area (Å²) >= 11 is 0. The minimum atomic E-state index is 0.112. The standard InChI is InChI=1S/C11H18O2/c1-11(13)9-7-5-3-2-4-6-8-10-12/h7,9-10H,2-6,8H2,1H3/b9-7+. The zero-order valence-electron chi connectivity index (χ0n) is 8.29. The molecule has 0 aliphatic carbocycles. The van der Waals surface area contributed by atoms with E-state index in [1.807, 2.05) is 6.08 Å². The lowest BCUT2D eigenvalue weighted by molar-refractivity contribution is -0.112. The first-order valence-corrected chi connectivity index (χ1v) is 4.88. The van der Waals surface area contributed by atoms with Crippen molar-refractivity contribution >= 4 is 12.1 Å². The van der Waals surface area contributed by atoms with Gasteiger partial charge in [-0.25, -0.2) is 0 Å². The maximum Gasteiger partial charge on any atom is 0.152 e. The summed E-state index contributed by atoms with van der Waals surface area (Å²) in [5.41, 5.74) is 0. The molecule has 0 N–H and O–H groups in total. The second-order valence-electron chi connectivity index (χ2n) is 3.17. The molecule has 13 heavy (non-hydrogen) atoms. The topological polar surface area (TPSA) is 34.1 Å². The molecule has 0 aromatic carbocycles. The molecule has 0 aromatic rings. The third-order valence-corrected chi connectivity index (χ3v) is 1.80.